The maximum atomic E-state index is 12.7. The Morgan fingerprint density at radius 2 is 1.68 bits per heavy atom. The van der Waals surface area contributed by atoms with Gasteiger partial charge < -0.3 is 0 Å². The fourth-order valence-corrected chi connectivity index (χ4v) is 3.28. The summed E-state index contributed by atoms with van der Waals surface area (Å²) in [5, 5.41) is 2.40. The van der Waals surface area contributed by atoms with Crippen LogP contribution < -0.4 is 5.32 Å². The van der Waals surface area contributed by atoms with E-state index in [2.05, 4.69) is 5.32 Å². The first-order chi connectivity index (χ1) is 9.06. The number of urea groups is 1. The van der Waals surface area contributed by atoms with E-state index in [4.69, 9.17) is 0 Å². The van der Waals surface area contributed by atoms with E-state index < -0.39 is 11.4 Å². The zero-order chi connectivity index (χ0) is 14.0. The van der Waals surface area contributed by atoms with E-state index in [1.165, 1.54) is 4.90 Å². The van der Waals surface area contributed by atoms with Crippen molar-refractivity contribution in [1.82, 2.24) is 10.2 Å². The molecule has 2 rings (SSSR count). The second-order valence-corrected chi connectivity index (χ2v) is 5.55. The van der Waals surface area contributed by atoms with Gasteiger partial charge in [0, 0.05) is 6.04 Å². The molecule has 1 N–H and O–H groups in total. The van der Waals surface area contributed by atoms with Gasteiger partial charge in [0.05, 0.1) is 0 Å². The Bertz CT molecular complexity index is 395. The van der Waals surface area contributed by atoms with E-state index in [0.29, 0.717) is 12.8 Å². The van der Waals surface area contributed by atoms with Gasteiger partial charge in [-0.1, -0.05) is 33.1 Å². The summed E-state index contributed by atoms with van der Waals surface area (Å²) in [6, 6.07) is -0.653. The molecule has 2 fully saturated rings. The quantitative estimate of drug-likeness (QED) is 0.796. The van der Waals surface area contributed by atoms with Crippen molar-refractivity contribution in [1.29, 1.82) is 0 Å². The number of imide groups is 2. The van der Waals surface area contributed by atoms with Crippen molar-refractivity contribution in [3.63, 3.8) is 0 Å². The van der Waals surface area contributed by atoms with Crippen molar-refractivity contribution in [3.05, 3.63) is 0 Å². The molecule has 1 saturated heterocycles. The van der Waals surface area contributed by atoms with Crippen molar-refractivity contribution in [2.75, 3.05) is 0 Å². The van der Waals surface area contributed by atoms with Crippen LogP contribution in [-0.4, -0.2) is 28.8 Å². The van der Waals surface area contributed by atoms with Crippen LogP contribution in [0, 0.1) is 5.41 Å². The van der Waals surface area contributed by atoms with Gasteiger partial charge in [-0.3, -0.25) is 19.8 Å². The average molecular weight is 266 g/mol. The lowest BCUT2D eigenvalue weighted by atomic mass is 9.71. The number of hydrogen-bond acceptors (Lipinski definition) is 3. The molecule has 0 radical (unpaired) electrons. The Hall–Kier alpha value is -1.39. The second kappa shape index (κ2) is 5.31. The van der Waals surface area contributed by atoms with E-state index in [1.807, 2.05) is 13.8 Å². The minimum absolute atomic E-state index is 0.112. The molecule has 4 amide bonds. The summed E-state index contributed by atoms with van der Waals surface area (Å²) >= 11 is 0. The molecule has 1 saturated carbocycles. The zero-order valence-corrected chi connectivity index (χ0v) is 11.7. The summed E-state index contributed by atoms with van der Waals surface area (Å²) < 4.78 is 0. The molecule has 0 atom stereocenters. The van der Waals surface area contributed by atoms with Crippen molar-refractivity contribution in [3.8, 4) is 0 Å². The molecule has 0 unspecified atom stereocenters. The van der Waals surface area contributed by atoms with Crippen LogP contribution in [0.5, 0.6) is 0 Å². The van der Waals surface area contributed by atoms with Crippen LogP contribution in [0.1, 0.15) is 58.8 Å². The number of amides is 4. The maximum absolute atomic E-state index is 12.7. The lowest BCUT2D eigenvalue weighted by Crippen LogP contribution is -2.66. The molecule has 0 aromatic heterocycles. The highest BCUT2D eigenvalue weighted by molar-refractivity contribution is 6.19. The van der Waals surface area contributed by atoms with Crippen molar-refractivity contribution >= 4 is 17.8 Å². The molecule has 106 valence electrons. The van der Waals surface area contributed by atoms with Gasteiger partial charge in [0.15, 0.2) is 0 Å². The van der Waals surface area contributed by atoms with Crippen molar-refractivity contribution in [2.45, 2.75) is 64.8 Å². The van der Waals surface area contributed by atoms with Crippen LogP contribution in [0.2, 0.25) is 0 Å². The molecule has 2 aliphatic rings. The van der Waals surface area contributed by atoms with E-state index in [1.54, 1.807) is 0 Å². The fourth-order valence-electron chi connectivity index (χ4n) is 3.28. The third-order valence-electron chi connectivity index (χ3n) is 4.52. The highest BCUT2D eigenvalue weighted by atomic mass is 16.2. The Labute approximate surface area is 113 Å². The lowest BCUT2D eigenvalue weighted by Gasteiger charge is -2.43. The predicted molar refractivity (Wildman–Crippen MR) is 70.3 cm³/mol. The third kappa shape index (κ3) is 2.15. The van der Waals surface area contributed by atoms with E-state index in [9.17, 15) is 14.4 Å². The smallest absolute Gasteiger partial charge is 0.277 e. The van der Waals surface area contributed by atoms with Crippen LogP contribution in [0.4, 0.5) is 4.79 Å². The van der Waals surface area contributed by atoms with Gasteiger partial charge in [-0.15, -0.1) is 0 Å². The predicted octanol–water partition coefficient (Wildman–Crippen LogP) is 2.20. The topological polar surface area (TPSA) is 66.5 Å². The first-order valence-electron chi connectivity index (χ1n) is 7.26. The molecular weight excluding hydrogens is 244 g/mol. The van der Waals surface area contributed by atoms with Gasteiger partial charge in [-0.2, -0.15) is 0 Å². The van der Waals surface area contributed by atoms with Gasteiger partial charge in [0.1, 0.15) is 5.41 Å². The van der Waals surface area contributed by atoms with Gasteiger partial charge >= 0.3 is 6.03 Å². The number of carbonyl (C=O) groups is 3. The van der Waals surface area contributed by atoms with Gasteiger partial charge in [0.2, 0.25) is 11.8 Å². The number of carbonyl (C=O) groups excluding carboxylic acids is 3. The summed E-state index contributed by atoms with van der Waals surface area (Å²) in [5.74, 6) is -0.654. The van der Waals surface area contributed by atoms with Crippen molar-refractivity contribution < 1.29 is 14.4 Å². The van der Waals surface area contributed by atoms with Crippen LogP contribution in [0.15, 0.2) is 0 Å². The number of nitrogens with zero attached hydrogens (tertiary/aromatic N) is 1. The van der Waals surface area contributed by atoms with Crippen LogP contribution in [-0.2, 0) is 9.59 Å². The molecule has 1 spiro atoms. The molecule has 1 aliphatic heterocycles. The Morgan fingerprint density at radius 3 is 2.21 bits per heavy atom. The van der Waals surface area contributed by atoms with Crippen LogP contribution in [0.3, 0.4) is 0 Å². The first kappa shape index (κ1) is 14.0. The minimum Gasteiger partial charge on any atom is -0.277 e. The van der Waals surface area contributed by atoms with E-state index >= 15 is 0 Å². The number of hydrogen-bond donors (Lipinski definition) is 1. The molecule has 19 heavy (non-hydrogen) atoms. The van der Waals surface area contributed by atoms with Gasteiger partial charge in [-0.05, 0) is 25.7 Å². The number of barbiturate groups is 1. The van der Waals surface area contributed by atoms with Gasteiger partial charge in [-0.25, -0.2) is 4.79 Å². The van der Waals surface area contributed by atoms with Crippen LogP contribution in [0.25, 0.3) is 0 Å². The van der Waals surface area contributed by atoms with Crippen molar-refractivity contribution in [2.24, 2.45) is 5.41 Å². The van der Waals surface area contributed by atoms with E-state index in [-0.39, 0.29) is 17.9 Å². The standard InChI is InChI=1S/C14H22N2O3/c1-3-10(4-2)16-12(18)14(8-6-5-7-9-14)11(17)15-13(16)19/h10H,3-9H2,1-2H3,(H,15,17,19). The zero-order valence-electron chi connectivity index (χ0n) is 11.7. The molecule has 1 aliphatic carbocycles. The van der Waals surface area contributed by atoms with Crippen LogP contribution >= 0.6 is 0 Å². The maximum Gasteiger partial charge on any atom is 0.331 e. The molecular formula is C14H22N2O3. The van der Waals surface area contributed by atoms with E-state index in [0.717, 1.165) is 32.1 Å². The number of nitrogens with one attached hydrogen (secondary N) is 1. The molecule has 5 heteroatoms. The fraction of sp³-hybridized carbons (Fsp3) is 0.786. The summed E-state index contributed by atoms with van der Waals surface area (Å²) in [4.78, 5) is 38.2. The molecule has 5 nitrogen and oxygen atoms in total. The summed E-state index contributed by atoms with van der Waals surface area (Å²) in [6.45, 7) is 3.91. The molecule has 0 aromatic carbocycles. The molecule has 0 aromatic rings. The number of rotatable bonds is 3. The highest BCUT2D eigenvalue weighted by Crippen LogP contribution is 2.40. The lowest BCUT2D eigenvalue weighted by molar-refractivity contribution is -0.155. The molecule has 1 heterocycles. The minimum atomic E-state index is -0.977. The monoisotopic (exact) mass is 266 g/mol. The first-order valence-corrected chi connectivity index (χ1v) is 7.26. The average Bonchev–Trinajstić information content (AvgIpc) is 2.43. The summed E-state index contributed by atoms with van der Waals surface area (Å²) in [7, 11) is 0. The SMILES string of the molecule is CCC(CC)N1C(=O)NC(=O)C2(CCCCC2)C1=O. The second-order valence-electron chi connectivity index (χ2n) is 5.55. The summed E-state index contributed by atoms with van der Waals surface area (Å²) in [5.41, 5.74) is -0.977. The third-order valence-corrected chi connectivity index (χ3v) is 4.52. The largest absolute Gasteiger partial charge is 0.331 e. The Morgan fingerprint density at radius 1 is 1.11 bits per heavy atom. The highest BCUT2D eigenvalue weighted by Gasteiger charge is 2.54. The Balaban J connectivity index is 2.33. The Kier molecular flexibility index (Phi) is 3.92. The molecule has 0 bridgehead atoms. The summed E-state index contributed by atoms with van der Waals surface area (Å²) in [6.07, 6.45) is 5.40. The van der Waals surface area contributed by atoms with Gasteiger partial charge in [0.25, 0.3) is 0 Å². The normalized spacial score (nSPS) is 23.1.